The number of nitrogens with one attached hydrogen (secondary N) is 1. The van der Waals surface area contributed by atoms with Crippen LogP contribution in [0, 0.1) is 0 Å². The molecule has 16 heavy (non-hydrogen) atoms. The second kappa shape index (κ2) is 3.44. The molecule has 1 amide bonds. The minimum absolute atomic E-state index is 0.0191. The van der Waals surface area contributed by atoms with Crippen LogP contribution in [0.1, 0.15) is 18.0 Å². The molecule has 0 spiro atoms. The summed E-state index contributed by atoms with van der Waals surface area (Å²) in [5.41, 5.74) is 1.07. The molecule has 2 aromatic rings. The lowest BCUT2D eigenvalue weighted by Crippen LogP contribution is -2.29. The van der Waals surface area contributed by atoms with Gasteiger partial charge in [-0.05, 0) is 5.56 Å². The molecule has 1 aromatic heterocycles. The highest BCUT2D eigenvalue weighted by Gasteiger charge is 2.27. The average molecular weight is 214 g/mol. The summed E-state index contributed by atoms with van der Waals surface area (Å²) in [7, 11) is 0. The van der Waals surface area contributed by atoms with Crippen LogP contribution in [0.5, 0.6) is 0 Å². The number of anilines is 1. The molecule has 1 N–H and O–H groups in total. The summed E-state index contributed by atoms with van der Waals surface area (Å²) in [6, 6.07) is 9.81. The highest BCUT2D eigenvalue weighted by atomic mass is 16.2. The zero-order valence-electron chi connectivity index (χ0n) is 8.50. The average Bonchev–Trinajstić information content (AvgIpc) is 2.77. The van der Waals surface area contributed by atoms with Crippen molar-refractivity contribution < 1.29 is 4.79 Å². The summed E-state index contributed by atoms with van der Waals surface area (Å²) in [6.45, 7) is 0. The molecule has 0 bridgehead atoms. The fourth-order valence-corrected chi connectivity index (χ4v) is 1.94. The molecule has 1 aromatic carbocycles. The Balaban J connectivity index is 2.07. The number of aromatic nitrogens is 3. The fraction of sp³-hybridized carbons (Fsp3) is 0.182. The van der Waals surface area contributed by atoms with Crippen LogP contribution in [-0.2, 0) is 4.79 Å². The van der Waals surface area contributed by atoms with E-state index in [1.165, 1.54) is 6.33 Å². The summed E-state index contributed by atoms with van der Waals surface area (Å²) < 4.78 is 1.75. The summed E-state index contributed by atoms with van der Waals surface area (Å²) in [5.74, 6) is 0.499. The van der Waals surface area contributed by atoms with Gasteiger partial charge in [-0.25, -0.2) is 4.68 Å². The third kappa shape index (κ3) is 1.37. The van der Waals surface area contributed by atoms with Gasteiger partial charge < -0.3 is 0 Å². The second-order valence-corrected chi connectivity index (χ2v) is 3.71. The van der Waals surface area contributed by atoms with Crippen molar-refractivity contribution in [3.63, 3.8) is 0 Å². The lowest BCUT2D eigenvalue weighted by Gasteiger charge is -2.23. The minimum Gasteiger partial charge on any atom is -0.295 e. The van der Waals surface area contributed by atoms with Crippen molar-refractivity contribution in [1.29, 1.82) is 0 Å². The van der Waals surface area contributed by atoms with Crippen molar-refractivity contribution in [3.8, 4) is 0 Å². The van der Waals surface area contributed by atoms with Crippen molar-refractivity contribution in [2.24, 2.45) is 0 Å². The Labute approximate surface area is 92.1 Å². The number of hydrogen-bond acceptors (Lipinski definition) is 3. The van der Waals surface area contributed by atoms with E-state index in [-0.39, 0.29) is 11.9 Å². The first kappa shape index (κ1) is 9.08. The van der Waals surface area contributed by atoms with Gasteiger partial charge in [0.25, 0.3) is 0 Å². The topological polar surface area (TPSA) is 59.8 Å². The van der Waals surface area contributed by atoms with Crippen molar-refractivity contribution in [1.82, 2.24) is 14.8 Å². The molecule has 1 aliphatic heterocycles. The minimum atomic E-state index is -0.0487. The van der Waals surface area contributed by atoms with Crippen LogP contribution < -0.4 is 5.32 Å². The Kier molecular flexibility index (Phi) is 1.96. The summed E-state index contributed by atoms with van der Waals surface area (Å²) in [6.07, 6.45) is 1.86. The van der Waals surface area contributed by atoms with Crippen LogP contribution in [0.15, 0.2) is 36.7 Å². The summed E-state index contributed by atoms with van der Waals surface area (Å²) in [4.78, 5) is 15.5. The van der Waals surface area contributed by atoms with E-state index < -0.39 is 0 Å². The molecule has 1 unspecified atom stereocenters. The molecule has 5 nitrogen and oxygen atoms in total. The first-order valence-electron chi connectivity index (χ1n) is 5.09. The van der Waals surface area contributed by atoms with Crippen molar-refractivity contribution in [2.75, 3.05) is 5.32 Å². The van der Waals surface area contributed by atoms with E-state index in [9.17, 15) is 4.79 Å². The molecule has 3 rings (SSSR count). The van der Waals surface area contributed by atoms with E-state index in [2.05, 4.69) is 15.4 Å². The van der Waals surface area contributed by atoms with Gasteiger partial charge in [0.1, 0.15) is 6.33 Å². The zero-order valence-corrected chi connectivity index (χ0v) is 8.50. The van der Waals surface area contributed by atoms with Crippen LogP contribution in [-0.4, -0.2) is 20.7 Å². The molecule has 0 fully saturated rings. The largest absolute Gasteiger partial charge is 0.295 e. The van der Waals surface area contributed by atoms with Gasteiger partial charge in [0.2, 0.25) is 11.9 Å². The van der Waals surface area contributed by atoms with Gasteiger partial charge in [-0.15, -0.1) is 0 Å². The van der Waals surface area contributed by atoms with E-state index in [4.69, 9.17) is 0 Å². The first-order chi connectivity index (χ1) is 7.84. The van der Waals surface area contributed by atoms with Gasteiger partial charge in [0.15, 0.2) is 0 Å². The maximum absolute atomic E-state index is 11.5. The van der Waals surface area contributed by atoms with Crippen LogP contribution in [0.3, 0.4) is 0 Å². The van der Waals surface area contributed by atoms with Gasteiger partial charge in [0.05, 0.1) is 12.5 Å². The van der Waals surface area contributed by atoms with E-state index in [0.29, 0.717) is 12.4 Å². The number of carbonyl (C=O) groups is 1. The van der Waals surface area contributed by atoms with Crippen molar-refractivity contribution in [3.05, 3.63) is 42.2 Å². The molecule has 0 saturated carbocycles. The van der Waals surface area contributed by atoms with Crippen LogP contribution in [0.4, 0.5) is 5.95 Å². The predicted octanol–water partition coefficient (Wildman–Crippen LogP) is 1.21. The summed E-state index contributed by atoms with van der Waals surface area (Å²) >= 11 is 0. The summed E-state index contributed by atoms with van der Waals surface area (Å²) in [5, 5.41) is 6.83. The Morgan fingerprint density at radius 2 is 2.12 bits per heavy atom. The Morgan fingerprint density at radius 1 is 1.31 bits per heavy atom. The molecule has 1 aliphatic rings. The second-order valence-electron chi connectivity index (χ2n) is 3.71. The van der Waals surface area contributed by atoms with Crippen LogP contribution in [0.25, 0.3) is 0 Å². The normalized spacial score (nSPS) is 19.0. The number of hydrogen-bond donors (Lipinski definition) is 1. The molecule has 80 valence electrons. The SMILES string of the molecule is O=C1CC(c2ccccc2)n2ncnc2N1. The van der Waals surface area contributed by atoms with Gasteiger partial charge in [0, 0.05) is 0 Å². The number of benzene rings is 1. The maximum atomic E-state index is 11.5. The van der Waals surface area contributed by atoms with Gasteiger partial charge in [-0.1, -0.05) is 30.3 Å². The van der Waals surface area contributed by atoms with E-state index in [1.54, 1.807) is 4.68 Å². The number of carbonyl (C=O) groups excluding carboxylic acids is 1. The Morgan fingerprint density at radius 3 is 2.94 bits per heavy atom. The Bertz CT molecular complexity index is 520. The third-order valence-corrected chi connectivity index (χ3v) is 2.68. The van der Waals surface area contributed by atoms with E-state index in [0.717, 1.165) is 5.56 Å². The lowest BCUT2D eigenvalue weighted by atomic mass is 10.0. The molecule has 2 heterocycles. The van der Waals surface area contributed by atoms with Crippen molar-refractivity contribution >= 4 is 11.9 Å². The highest BCUT2D eigenvalue weighted by molar-refractivity contribution is 5.91. The maximum Gasteiger partial charge on any atom is 0.229 e. The third-order valence-electron chi connectivity index (χ3n) is 2.68. The molecule has 0 aliphatic carbocycles. The highest BCUT2D eigenvalue weighted by Crippen LogP contribution is 2.27. The van der Waals surface area contributed by atoms with Gasteiger partial charge >= 0.3 is 0 Å². The quantitative estimate of drug-likeness (QED) is 0.776. The standard InChI is InChI=1S/C11H10N4O/c16-10-6-9(8-4-2-1-3-5-8)15-11(14-10)12-7-13-15/h1-5,7,9H,6H2,(H,12,13,14,16). The van der Waals surface area contributed by atoms with E-state index >= 15 is 0 Å². The number of nitrogens with zero attached hydrogens (tertiary/aromatic N) is 3. The number of rotatable bonds is 1. The molecular formula is C11H10N4O. The fourth-order valence-electron chi connectivity index (χ4n) is 1.94. The number of fused-ring (bicyclic) bond motifs is 1. The van der Waals surface area contributed by atoms with Gasteiger partial charge in [-0.2, -0.15) is 10.1 Å². The predicted molar refractivity (Wildman–Crippen MR) is 57.8 cm³/mol. The van der Waals surface area contributed by atoms with E-state index in [1.807, 2.05) is 30.3 Å². The zero-order chi connectivity index (χ0) is 11.0. The van der Waals surface area contributed by atoms with Crippen LogP contribution >= 0.6 is 0 Å². The lowest BCUT2D eigenvalue weighted by molar-refractivity contribution is -0.117. The number of amides is 1. The first-order valence-corrected chi connectivity index (χ1v) is 5.09. The van der Waals surface area contributed by atoms with Crippen molar-refractivity contribution in [2.45, 2.75) is 12.5 Å². The Hall–Kier alpha value is -2.17. The molecule has 5 heteroatoms. The van der Waals surface area contributed by atoms with Crippen LogP contribution in [0.2, 0.25) is 0 Å². The monoisotopic (exact) mass is 214 g/mol. The molecular weight excluding hydrogens is 204 g/mol. The smallest absolute Gasteiger partial charge is 0.229 e. The molecule has 0 radical (unpaired) electrons. The molecule has 1 atom stereocenters. The van der Waals surface area contributed by atoms with Gasteiger partial charge in [-0.3, -0.25) is 10.1 Å². The molecule has 0 saturated heterocycles.